The van der Waals surface area contributed by atoms with Crippen molar-refractivity contribution in [1.82, 2.24) is 10.2 Å². The zero-order valence-corrected chi connectivity index (χ0v) is 17.9. The van der Waals surface area contributed by atoms with Crippen molar-refractivity contribution in [3.05, 3.63) is 78.6 Å². The number of methoxy groups -OCH3 is 1. The molecule has 0 saturated carbocycles. The number of rotatable bonds is 8. The fourth-order valence-corrected chi connectivity index (χ4v) is 3.47. The first-order chi connectivity index (χ1) is 16.6. The van der Waals surface area contributed by atoms with Crippen LogP contribution >= 0.6 is 0 Å². The molecule has 0 aliphatic carbocycles. The first kappa shape index (κ1) is 21.4. The van der Waals surface area contributed by atoms with Crippen LogP contribution in [-0.4, -0.2) is 23.9 Å². The Morgan fingerprint density at radius 1 is 0.824 bits per heavy atom. The van der Waals surface area contributed by atoms with Crippen LogP contribution in [0.4, 0.5) is 8.78 Å². The summed E-state index contributed by atoms with van der Waals surface area (Å²) < 4.78 is 52.1. The second kappa shape index (κ2) is 9.22. The number of hydrogen-bond acceptors (Lipinski definition) is 7. The Morgan fingerprint density at radius 3 is 2.50 bits per heavy atom. The third kappa shape index (κ3) is 4.40. The molecule has 5 aromatic rings. The maximum Gasteiger partial charge on any atom is 0.387 e. The van der Waals surface area contributed by atoms with Crippen LogP contribution < -0.4 is 14.2 Å². The van der Waals surface area contributed by atoms with Crippen molar-refractivity contribution in [3.63, 3.8) is 0 Å². The highest BCUT2D eigenvalue weighted by Gasteiger charge is 2.17. The Morgan fingerprint density at radius 2 is 1.65 bits per heavy atom. The van der Waals surface area contributed by atoms with Crippen molar-refractivity contribution in [3.8, 4) is 40.4 Å². The molecule has 0 spiro atoms. The minimum absolute atomic E-state index is 0.0946. The molecule has 0 bridgehead atoms. The van der Waals surface area contributed by atoms with Gasteiger partial charge in [0.15, 0.2) is 17.3 Å². The average Bonchev–Trinajstić information content (AvgIpc) is 3.52. The van der Waals surface area contributed by atoms with Crippen LogP contribution in [0.3, 0.4) is 0 Å². The van der Waals surface area contributed by atoms with E-state index in [1.807, 2.05) is 42.5 Å². The Hall–Kier alpha value is -4.40. The first-order valence-corrected chi connectivity index (χ1v) is 10.3. The van der Waals surface area contributed by atoms with Crippen LogP contribution in [0, 0.1) is 0 Å². The molecule has 0 amide bonds. The van der Waals surface area contributed by atoms with Crippen LogP contribution in [0.2, 0.25) is 0 Å². The number of nitrogens with zero attached hydrogens (tertiary/aromatic N) is 2. The molecule has 5 rings (SSSR count). The lowest BCUT2D eigenvalue weighted by Crippen LogP contribution is -2.03. The van der Waals surface area contributed by atoms with Crippen molar-refractivity contribution >= 4 is 10.8 Å². The summed E-state index contributed by atoms with van der Waals surface area (Å²) in [7, 11) is 1.35. The van der Waals surface area contributed by atoms with Crippen LogP contribution in [0.5, 0.6) is 17.2 Å². The Kier molecular flexibility index (Phi) is 5.82. The number of benzene rings is 3. The Labute approximate surface area is 192 Å². The van der Waals surface area contributed by atoms with E-state index in [9.17, 15) is 8.78 Å². The van der Waals surface area contributed by atoms with Crippen molar-refractivity contribution in [1.29, 1.82) is 0 Å². The summed E-state index contributed by atoms with van der Waals surface area (Å²) in [4.78, 5) is 0. The molecular weight excluding hydrogens is 446 g/mol. The average molecular weight is 464 g/mol. The van der Waals surface area contributed by atoms with E-state index < -0.39 is 6.61 Å². The SMILES string of the molecule is COc1cc(-c2nnc(-c3ccc(COc4cccc5ccccc45)o3)o2)ccc1OC(F)F. The van der Waals surface area contributed by atoms with Gasteiger partial charge in [0, 0.05) is 10.9 Å². The molecule has 0 atom stereocenters. The second-order valence-electron chi connectivity index (χ2n) is 7.19. The van der Waals surface area contributed by atoms with E-state index in [4.69, 9.17) is 18.3 Å². The van der Waals surface area contributed by atoms with E-state index in [0.717, 1.165) is 16.5 Å². The summed E-state index contributed by atoms with van der Waals surface area (Å²) >= 11 is 0. The zero-order valence-electron chi connectivity index (χ0n) is 17.9. The van der Waals surface area contributed by atoms with Gasteiger partial charge in [-0.25, -0.2) is 0 Å². The highest BCUT2D eigenvalue weighted by Crippen LogP contribution is 2.34. The lowest BCUT2D eigenvalue weighted by Gasteiger charge is -2.10. The van der Waals surface area contributed by atoms with Gasteiger partial charge >= 0.3 is 6.61 Å². The van der Waals surface area contributed by atoms with E-state index in [1.165, 1.54) is 25.3 Å². The van der Waals surface area contributed by atoms with Gasteiger partial charge in [0.05, 0.1) is 7.11 Å². The lowest BCUT2D eigenvalue weighted by molar-refractivity contribution is -0.0512. The van der Waals surface area contributed by atoms with Crippen molar-refractivity contribution in [2.24, 2.45) is 0 Å². The van der Waals surface area contributed by atoms with Gasteiger partial charge < -0.3 is 23.0 Å². The monoisotopic (exact) mass is 464 g/mol. The zero-order chi connectivity index (χ0) is 23.5. The smallest absolute Gasteiger partial charge is 0.387 e. The van der Waals surface area contributed by atoms with E-state index in [0.29, 0.717) is 17.1 Å². The maximum absolute atomic E-state index is 12.5. The summed E-state index contributed by atoms with van der Waals surface area (Å²) in [6.07, 6.45) is 0. The molecule has 172 valence electrons. The lowest BCUT2D eigenvalue weighted by atomic mass is 10.1. The molecule has 2 heterocycles. The Bertz CT molecular complexity index is 1420. The molecule has 0 N–H and O–H groups in total. The molecule has 0 aliphatic heterocycles. The molecule has 0 aliphatic rings. The van der Waals surface area contributed by atoms with E-state index in [2.05, 4.69) is 14.9 Å². The molecule has 7 nitrogen and oxygen atoms in total. The number of furan rings is 1. The predicted octanol–water partition coefficient (Wildman–Crippen LogP) is 6.34. The van der Waals surface area contributed by atoms with Gasteiger partial charge in [0.2, 0.25) is 5.89 Å². The van der Waals surface area contributed by atoms with Crippen molar-refractivity contribution in [2.45, 2.75) is 13.2 Å². The largest absolute Gasteiger partial charge is 0.493 e. The fraction of sp³-hybridized carbons (Fsp3) is 0.120. The van der Waals surface area contributed by atoms with Crippen LogP contribution in [-0.2, 0) is 6.61 Å². The molecular formula is C25H18F2N2O5. The van der Waals surface area contributed by atoms with E-state index >= 15 is 0 Å². The summed E-state index contributed by atoms with van der Waals surface area (Å²) in [5.74, 6) is 2.06. The number of ether oxygens (including phenoxy) is 3. The van der Waals surface area contributed by atoms with Gasteiger partial charge in [-0.05, 0) is 41.8 Å². The van der Waals surface area contributed by atoms with Crippen molar-refractivity contribution < 1.29 is 31.8 Å². The van der Waals surface area contributed by atoms with Gasteiger partial charge in [-0.15, -0.1) is 10.2 Å². The summed E-state index contributed by atoms with van der Waals surface area (Å²) in [6.45, 7) is -2.75. The van der Waals surface area contributed by atoms with Crippen LogP contribution in [0.25, 0.3) is 33.9 Å². The topological polar surface area (TPSA) is 79.8 Å². The molecule has 0 saturated heterocycles. The first-order valence-electron chi connectivity index (χ1n) is 10.3. The minimum Gasteiger partial charge on any atom is -0.493 e. The highest BCUT2D eigenvalue weighted by atomic mass is 19.3. The minimum atomic E-state index is -2.97. The second-order valence-corrected chi connectivity index (χ2v) is 7.19. The standard InChI is InChI=1S/C25H18F2N2O5/c1-30-22-13-16(9-11-20(22)33-25(26)27)23-28-29-24(34-23)21-12-10-17(32-21)14-31-19-8-4-6-15-5-2-3-7-18(15)19/h2-13,25H,14H2,1H3. The summed E-state index contributed by atoms with van der Waals surface area (Å²) in [5.41, 5.74) is 0.475. The number of alkyl halides is 2. The van der Waals surface area contributed by atoms with Gasteiger partial charge in [-0.1, -0.05) is 36.4 Å². The van der Waals surface area contributed by atoms with E-state index in [-0.39, 0.29) is 29.9 Å². The van der Waals surface area contributed by atoms with Crippen molar-refractivity contribution in [2.75, 3.05) is 7.11 Å². The Balaban J connectivity index is 1.31. The predicted molar refractivity (Wildman–Crippen MR) is 119 cm³/mol. The molecule has 9 heteroatoms. The van der Waals surface area contributed by atoms with Crippen LogP contribution in [0.1, 0.15) is 5.76 Å². The highest BCUT2D eigenvalue weighted by molar-refractivity contribution is 5.88. The van der Waals surface area contributed by atoms with Gasteiger partial charge in [0.1, 0.15) is 18.1 Å². The van der Waals surface area contributed by atoms with Gasteiger partial charge in [-0.3, -0.25) is 0 Å². The summed E-state index contributed by atoms with van der Waals surface area (Å²) in [6, 6.07) is 21.6. The number of halogens is 2. The summed E-state index contributed by atoms with van der Waals surface area (Å²) in [5, 5.41) is 10.1. The number of aromatic nitrogens is 2. The molecule has 3 aromatic carbocycles. The van der Waals surface area contributed by atoms with Crippen LogP contribution in [0.15, 0.2) is 81.6 Å². The van der Waals surface area contributed by atoms with E-state index in [1.54, 1.807) is 12.1 Å². The molecule has 0 fully saturated rings. The molecule has 0 unspecified atom stereocenters. The van der Waals surface area contributed by atoms with Gasteiger partial charge in [0.25, 0.3) is 5.89 Å². The molecule has 2 aromatic heterocycles. The third-order valence-corrected chi connectivity index (χ3v) is 5.04. The molecule has 0 radical (unpaired) electrons. The normalized spacial score (nSPS) is 11.2. The maximum atomic E-state index is 12.5. The van der Waals surface area contributed by atoms with Gasteiger partial charge in [-0.2, -0.15) is 8.78 Å². The fourth-order valence-electron chi connectivity index (χ4n) is 3.47. The molecule has 34 heavy (non-hydrogen) atoms. The quantitative estimate of drug-likeness (QED) is 0.265. The third-order valence-electron chi connectivity index (χ3n) is 5.04. The number of hydrogen-bond donors (Lipinski definition) is 0. The number of fused-ring (bicyclic) bond motifs is 1.